The summed E-state index contributed by atoms with van der Waals surface area (Å²) in [5.41, 5.74) is 1.43. The predicted octanol–water partition coefficient (Wildman–Crippen LogP) is 4.19. The van der Waals surface area contributed by atoms with Crippen LogP contribution in [0.5, 0.6) is 11.5 Å². The molecule has 4 rings (SSSR count). The van der Waals surface area contributed by atoms with Crippen LogP contribution in [0, 0.1) is 0 Å². The minimum atomic E-state index is -0.992. The Morgan fingerprint density at radius 1 is 1.08 bits per heavy atom. The summed E-state index contributed by atoms with van der Waals surface area (Å²) in [5.74, 6) is 0.413. The molecule has 0 aliphatic rings. The number of hydrogen-bond acceptors (Lipinski definition) is 7. The Morgan fingerprint density at radius 3 is 2.54 bits per heavy atom. The van der Waals surface area contributed by atoms with Crippen LogP contribution in [0.25, 0.3) is 11.0 Å². The Labute approximate surface area is 220 Å². The summed E-state index contributed by atoms with van der Waals surface area (Å²) in [7, 11) is 3.09. The number of rotatable bonds is 9. The summed E-state index contributed by atoms with van der Waals surface area (Å²) < 4.78 is 12.6. The molecule has 0 aliphatic heterocycles. The lowest BCUT2D eigenvalue weighted by Crippen LogP contribution is -2.49. The quantitative estimate of drug-likeness (QED) is 0.355. The topological polar surface area (TPSA) is 98.6 Å². The third-order valence-corrected chi connectivity index (χ3v) is 6.58. The highest BCUT2D eigenvalue weighted by Crippen LogP contribution is 2.35. The Balaban J connectivity index is 1.82. The number of nitrogens with one attached hydrogen (secondary N) is 1. The molecule has 0 saturated heterocycles. The van der Waals surface area contributed by atoms with Crippen LogP contribution in [-0.4, -0.2) is 51.5 Å². The van der Waals surface area contributed by atoms with Crippen LogP contribution in [0.1, 0.15) is 37.3 Å². The molecule has 4 aromatic rings. The number of nitrogens with zero attached hydrogens (tertiary/aromatic N) is 4. The molecule has 9 nitrogen and oxygen atoms in total. The molecule has 37 heavy (non-hydrogen) atoms. The first kappa shape index (κ1) is 26.2. The fraction of sp³-hybridized carbons (Fsp3) is 0.333. The molecule has 0 spiro atoms. The minimum Gasteiger partial charge on any atom is -0.497 e. The lowest BCUT2D eigenvalue weighted by molar-refractivity contribution is -0.142. The van der Waals surface area contributed by atoms with E-state index in [-0.39, 0.29) is 24.9 Å². The molecule has 0 bridgehead atoms. The van der Waals surface area contributed by atoms with E-state index in [1.54, 1.807) is 34.9 Å². The van der Waals surface area contributed by atoms with Crippen LogP contribution >= 0.6 is 11.3 Å². The van der Waals surface area contributed by atoms with E-state index >= 15 is 0 Å². The first-order chi connectivity index (χ1) is 17.7. The van der Waals surface area contributed by atoms with Crippen LogP contribution in [-0.2, 0) is 22.7 Å². The van der Waals surface area contributed by atoms with Crippen molar-refractivity contribution < 1.29 is 19.1 Å². The summed E-state index contributed by atoms with van der Waals surface area (Å²) in [6, 6.07) is 15.6. The van der Waals surface area contributed by atoms with Crippen molar-refractivity contribution in [2.45, 2.75) is 45.4 Å². The maximum Gasteiger partial charge on any atom is 0.248 e. The maximum atomic E-state index is 14.0. The highest BCUT2D eigenvalue weighted by Gasteiger charge is 2.36. The van der Waals surface area contributed by atoms with Crippen molar-refractivity contribution in [2.24, 2.45) is 0 Å². The number of para-hydroxylation sites is 1. The Hall–Kier alpha value is -3.92. The van der Waals surface area contributed by atoms with Gasteiger partial charge >= 0.3 is 0 Å². The first-order valence-electron chi connectivity index (χ1n) is 11.8. The summed E-state index contributed by atoms with van der Waals surface area (Å²) in [6.45, 7) is 5.84. The van der Waals surface area contributed by atoms with Crippen LogP contribution in [0.3, 0.4) is 0 Å². The maximum absolute atomic E-state index is 14.0. The number of benzene rings is 2. The molecule has 194 valence electrons. The highest BCUT2D eigenvalue weighted by molar-refractivity contribution is 7.09. The molecule has 1 N–H and O–H groups in total. The molecular formula is C27H31N5O4S. The standard InChI is InChI=1S/C27H31N5O4S/c1-27(2,3)28-26(34)25(20-15-18(35-4)12-13-23(20)36-5)31(16-19-9-8-14-37-19)24(33)17-32-22-11-7-6-10-21(22)29-30-32/h6-15,25H,16-17H2,1-5H3,(H,28,34)/t25-/m1/s1. The van der Waals surface area contributed by atoms with Crippen LogP contribution in [0.4, 0.5) is 0 Å². The van der Waals surface area contributed by atoms with Crippen LogP contribution < -0.4 is 14.8 Å². The summed E-state index contributed by atoms with van der Waals surface area (Å²) in [6.07, 6.45) is 0. The molecule has 0 radical (unpaired) electrons. The van der Waals surface area contributed by atoms with E-state index in [1.165, 1.54) is 18.4 Å². The van der Waals surface area contributed by atoms with Gasteiger partial charge in [0.25, 0.3) is 0 Å². The van der Waals surface area contributed by atoms with Crippen molar-refractivity contribution in [1.82, 2.24) is 25.2 Å². The van der Waals surface area contributed by atoms with Gasteiger partial charge in [-0.2, -0.15) is 0 Å². The van der Waals surface area contributed by atoms with E-state index in [1.807, 2.05) is 62.5 Å². The molecule has 2 aromatic heterocycles. The predicted molar refractivity (Wildman–Crippen MR) is 143 cm³/mol. The van der Waals surface area contributed by atoms with Crippen molar-refractivity contribution >= 4 is 34.2 Å². The second-order valence-corrected chi connectivity index (χ2v) is 10.6. The van der Waals surface area contributed by atoms with Crippen LogP contribution in [0.15, 0.2) is 60.0 Å². The number of fused-ring (bicyclic) bond motifs is 1. The minimum absolute atomic E-state index is 0.0858. The van der Waals surface area contributed by atoms with E-state index in [0.29, 0.717) is 22.6 Å². The van der Waals surface area contributed by atoms with Gasteiger partial charge in [0.2, 0.25) is 11.8 Å². The van der Waals surface area contributed by atoms with E-state index in [2.05, 4.69) is 15.6 Å². The molecule has 2 aromatic carbocycles. The second-order valence-electron chi connectivity index (χ2n) is 9.59. The van der Waals surface area contributed by atoms with Gasteiger partial charge in [0, 0.05) is 16.0 Å². The number of amides is 2. The van der Waals surface area contributed by atoms with E-state index in [0.717, 1.165) is 10.4 Å². The largest absolute Gasteiger partial charge is 0.497 e. The summed E-state index contributed by atoms with van der Waals surface area (Å²) in [5, 5.41) is 13.4. The second kappa shape index (κ2) is 11.0. The number of ether oxygens (including phenoxy) is 2. The van der Waals surface area contributed by atoms with Gasteiger partial charge < -0.3 is 19.7 Å². The number of methoxy groups -OCH3 is 2. The number of carbonyl (C=O) groups is 2. The third-order valence-electron chi connectivity index (χ3n) is 5.72. The molecule has 10 heteroatoms. The fourth-order valence-corrected chi connectivity index (χ4v) is 4.79. The van der Waals surface area contributed by atoms with Crippen molar-refractivity contribution in [3.8, 4) is 11.5 Å². The van der Waals surface area contributed by atoms with Crippen molar-refractivity contribution in [2.75, 3.05) is 14.2 Å². The molecule has 0 fully saturated rings. The van der Waals surface area contributed by atoms with Crippen LogP contribution in [0.2, 0.25) is 0 Å². The summed E-state index contributed by atoms with van der Waals surface area (Å²) in [4.78, 5) is 30.4. The van der Waals surface area contributed by atoms with Gasteiger partial charge in [0.05, 0.1) is 26.3 Å². The van der Waals surface area contributed by atoms with Gasteiger partial charge in [-0.25, -0.2) is 4.68 Å². The van der Waals surface area contributed by atoms with Crippen molar-refractivity contribution in [1.29, 1.82) is 0 Å². The zero-order valence-corrected chi connectivity index (χ0v) is 22.4. The Bertz CT molecular complexity index is 1380. The van der Waals surface area contributed by atoms with Gasteiger partial charge in [-0.1, -0.05) is 23.4 Å². The smallest absolute Gasteiger partial charge is 0.248 e. The van der Waals surface area contributed by atoms with E-state index < -0.39 is 11.6 Å². The number of aromatic nitrogens is 3. The zero-order valence-electron chi connectivity index (χ0n) is 21.6. The Kier molecular flexibility index (Phi) is 7.77. The first-order valence-corrected chi connectivity index (χ1v) is 12.7. The van der Waals surface area contributed by atoms with Gasteiger partial charge in [-0.3, -0.25) is 9.59 Å². The third kappa shape index (κ3) is 6.08. The number of hydrogen-bond donors (Lipinski definition) is 1. The van der Waals surface area contributed by atoms with Gasteiger partial charge in [0.1, 0.15) is 29.6 Å². The summed E-state index contributed by atoms with van der Waals surface area (Å²) >= 11 is 1.52. The fourth-order valence-electron chi connectivity index (χ4n) is 4.09. The monoisotopic (exact) mass is 521 g/mol. The lowest BCUT2D eigenvalue weighted by Gasteiger charge is -2.34. The van der Waals surface area contributed by atoms with E-state index in [4.69, 9.17) is 9.47 Å². The molecule has 0 saturated carbocycles. The van der Waals surface area contributed by atoms with Crippen molar-refractivity contribution in [3.05, 3.63) is 70.4 Å². The molecule has 0 aliphatic carbocycles. The molecule has 2 heterocycles. The van der Waals surface area contributed by atoms with E-state index in [9.17, 15) is 9.59 Å². The Morgan fingerprint density at radius 2 is 1.86 bits per heavy atom. The number of carbonyl (C=O) groups excluding carboxylic acids is 2. The average Bonchev–Trinajstić information content (AvgIpc) is 3.52. The zero-order chi connectivity index (χ0) is 26.6. The SMILES string of the molecule is COc1ccc(OC)c([C@H](C(=O)NC(C)(C)C)N(Cc2cccs2)C(=O)Cn2nnc3ccccc32)c1. The lowest BCUT2D eigenvalue weighted by atomic mass is 10.00. The van der Waals surface area contributed by atoms with Gasteiger partial charge in [-0.15, -0.1) is 16.4 Å². The van der Waals surface area contributed by atoms with Gasteiger partial charge in [-0.05, 0) is 62.5 Å². The van der Waals surface area contributed by atoms with Crippen molar-refractivity contribution in [3.63, 3.8) is 0 Å². The molecule has 1 atom stereocenters. The van der Waals surface area contributed by atoms with Gasteiger partial charge in [0.15, 0.2) is 0 Å². The highest BCUT2D eigenvalue weighted by atomic mass is 32.1. The molecular weight excluding hydrogens is 490 g/mol. The molecule has 0 unspecified atom stereocenters. The molecule has 2 amide bonds. The average molecular weight is 522 g/mol. The normalized spacial score (nSPS) is 12.2. The number of thiophene rings is 1.